The summed E-state index contributed by atoms with van der Waals surface area (Å²) in [5, 5.41) is 5.85. The molecule has 1 aromatic carbocycles. The lowest BCUT2D eigenvalue weighted by Gasteiger charge is -2.13. The summed E-state index contributed by atoms with van der Waals surface area (Å²) < 4.78 is 25.8. The SMILES string of the molecule is CNS(=O)(=O)c1ccc(C)c(NC(=O)C2CSCN2)c1. The molecule has 0 aliphatic carbocycles. The van der Waals surface area contributed by atoms with Gasteiger partial charge in [-0.25, -0.2) is 13.1 Å². The third-order valence-corrected chi connectivity index (χ3v) is 5.43. The highest BCUT2D eigenvalue weighted by Crippen LogP contribution is 2.21. The zero-order valence-corrected chi connectivity index (χ0v) is 12.9. The van der Waals surface area contributed by atoms with E-state index in [1.807, 2.05) is 6.92 Å². The number of anilines is 1. The van der Waals surface area contributed by atoms with E-state index >= 15 is 0 Å². The molecule has 3 N–H and O–H groups in total. The van der Waals surface area contributed by atoms with Crippen LogP contribution in [0, 0.1) is 6.92 Å². The van der Waals surface area contributed by atoms with Gasteiger partial charge < -0.3 is 5.32 Å². The Hall–Kier alpha value is -1.09. The second-order valence-electron chi connectivity index (χ2n) is 4.45. The van der Waals surface area contributed by atoms with Crippen LogP contribution in [0.4, 0.5) is 5.69 Å². The predicted octanol–water partition coefficient (Wildman–Crippen LogP) is 0.504. The number of hydrogen-bond donors (Lipinski definition) is 3. The van der Waals surface area contributed by atoms with E-state index in [1.165, 1.54) is 19.2 Å². The molecule has 0 radical (unpaired) electrons. The number of nitrogens with one attached hydrogen (secondary N) is 3. The van der Waals surface area contributed by atoms with Crippen molar-refractivity contribution in [3.05, 3.63) is 23.8 Å². The lowest BCUT2D eigenvalue weighted by Crippen LogP contribution is -2.37. The first kappa shape index (κ1) is 15.3. The molecule has 1 aliphatic heterocycles. The van der Waals surface area contributed by atoms with Crippen molar-refractivity contribution < 1.29 is 13.2 Å². The summed E-state index contributed by atoms with van der Waals surface area (Å²) in [6, 6.07) is 4.43. The number of amides is 1. The number of carbonyl (C=O) groups excluding carboxylic acids is 1. The molecule has 1 amide bonds. The van der Waals surface area contributed by atoms with Crippen molar-refractivity contribution in [1.82, 2.24) is 10.0 Å². The van der Waals surface area contributed by atoms with E-state index in [0.717, 1.165) is 17.2 Å². The number of hydrogen-bond acceptors (Lipinski definition) is 5. The summed E-state index contributed by atoms with van der Waals surface area (Å²) in [5.41, 5.74) is 1.34. The molecular formula is C12H17N3O3S2. The molecule has 1 unspecified atom stereocenters. The minimum Gasteiger partial charge on any atom is -0.324 e. The smallest absolute Gasteiger partial charge is 0.242 e. The van der Waals surface area contributed by atoms with E-state index in [2.05, 4.69) is 15.4 Å². The van der Waals surface area contributed by atoms with Gasteiger partial charge in [0, 0.05) is 17.3 Å². The molecule has 1 fully saturated rings. The minimum absolute atomic E-state index is 0.134. The van der Waals surface area contributed by atoms with Crippen molar-refractivity contribution in [2.24, 2.45) is 0 Å². The van der Waals surface area contributed by atoms with E-state index < -0.39 is 10.0 Å². The van der Waals surface area contributed by atoms with Gasteiger partial charge in [0.05, 0.1) is 10.9 Å². The fourth-order valence-electron chi connectivity index (χ4n) is 1.80. The standard InChI is InChI=1S/C12H17N3O3S2/c1-8-3-4-9(20(17,18)13-2)5-10(8)15-12(16)11-6-19-7-14-11/h3-5,11,13-14H,6-7H2,1-2H3,(H,15,16). The van der Waals surface area contributed by atoms with Gasteiger partial charge in [-0.2, -0.15) is 0 Å². The molecule has 1 atom stereocenters. The zero-order chi connectivity index (χ0) is 14.8. The highest BCUT2D eigenvalue weighted by Gasteiger charge is 2.23. The Bertz CT molecular complexity index is 610. The Morgan fingerprint density at radius 3 is 2.80 bits per heavy atom. The fourth-order valence-corrected chi connectivity index (χ4v) is 3.50. The number of thioether (sulfide) groups is 1. The molecule has 110 valence electrons. The van der Waals surface area contributed by atoms with Gasteiger partial charge in [0.2, 0.25) is 15.9 Å². The topological polar surface area (TPSA) is 87.3 Å². The van der Waals surface area contributed by atoms with Crippen LogP contribution in [0.5, 0.6) is 0 Å². The van der Waals surface area contributed by atoms with Gasteiger partial charge in [-0.15, -0.1) is 11.8 Å². The summed E-state index contributed by atoms with van der Waals surface area (Å²) >= 11 is 1.66. The summed E-state index contributed by atoms with van der Waals surface area (Å²) in [4.78, 5) is 12.2. The van der Waals surface area contributed by atoms with E-state index in [0.29, 0.717) is 5.69 Å². The van der Waals surface area contributed by atoms with E-state index in [9.17, 15) is 13.2 Å². The number of carbonyl (C=O) groups is 1. The molecule has 0 aromatic heterocycles. The Kier molecular flexibility index (Phi) is 4.69. The van der Waals surface area contributed by atoms with E-state index in [1.54, 1.807) is 17.8 Å². The fraction of sp³-hybridized carbons (Fsp3) is 0.417. The van der Waals surface area contributed by atoms with Crippen molar-refractivity contribution in [3.63, 3.8) is 0 Å². The normalized spacial score (nSPS) is 19.0. The molecular weight excluding hydrogens is 298 g/mol. The van der Waals surface area contributed by atoms with Crippen molar-refractivity contribution >= 4 is 33.4 Å². The van der Waals surface area contributed by atoms with Crippen molar-refractivity contribution in [2.75, 3.05) is 24.0 Å². The average Bonchev–Trinajstić information content (AvgIpc) is 2.95. The van der Waals surface area contributed by atoms with Gasteiger partial charge in [0.25, 0.3) is 0 Å². The van der Waals surface area contributed by atoms with Gasteiger partial charge in [0.1, 0.15) is 0 Å². The molecule has 0 saturated carbocycles. The van der Waals surface area contributed by atoms with Crippen LogP contribution < -0.4 is 15.4 Å². The number of rotatable bonds is 4. The monoisotopic (exact) mass is 315 g/mol. The lowest BCUT2D eigenvalue weighted by atomic mass is 10.2. The van der Waals surface area contributed by atoms with Crippen LogP contribution >= 0.6 is 11.8 Å². The van der Waals surface area contributed by atoms with Gasteiger partial charge in [-0.05, 0) is 31.7 Å². The highest BCUT2D eigenvalue weighted by molar-refractivity contribution is 7.99. The third kappa shape index (κ3) is 3.32. The lowest BCUT2D eigenvalue weighted by molar-refractivity contribution is -0.117. The largest absolute Gasteiger partial charge is 0.324 e. The Balaban J connectivity index is 2.23. The van der Waals surface area contributed by atoms with Crippen LogP contribution in [0.15, 0.2) is 23.1 Å². The van der Waals surface area contributed by atoms with Gasteiger partial charge >= 0.3 is 0 Å². The zero-order valence-electron chi connectivity index (χ0n) is 11.3. The summed E-state index contributed by atoms with van der Waals surface area (Å²) in [6.07, 6.45) is 0. The maximum Gasteiger partial charge on any atom is 0.242 e. The van der Waals surface area contributed by atoms with E-state index in [4.69, 9.17) is 0 Å². The third-order valence-electron chi connectivity index (χ3n) is 3.08. The second kappa shape index (κ2) is 6.13. The molecule has 1 aromatic rings. The maximum absolute atomic E-state index is 12.0. The van der Waals surface area contributed by atoms with Crippen LogP contribution in [0.1, 0.15) is 5.56 Å². The first-order valence-electron chi connectivity index (χ1n) is 6.10. The molecule has 1 saturated heterocycles. The highest BCUT2D eigenvalue weighted by atomic mass is 32.2. The van der Waals surface area contributed by atoms with Crippen molar-refractivity contribution in [2.45, 2.75) is 17.9 Å². The van der Waals surface area contributed by atoms with Gasteiger partial charge in [-0.1, -0.05) is 6.07 Å². The summed E-state index contributed by atoms with van der Waals surface area (Å²) in [5.74, 6) is 1.34. The quantitative estimate of drug-likeness (QED) is 0.753. The van der Waals surface area contributed by atoms with Crippen LogP contribution in [-0.2, 0) is 14.8 Å². The van der Waals surface area contributed by atoms with Crippen LogP contribution in [0.2, 0.25) is 0 Å². The molecule has 2 rings (SSSR count). The average molecular weight is 315 g/mol. The predicted molar refractivity (Wildman–Crippen MR) is 80.3 cm³/mol. The van der Waals surface area contributed by atoms with Crippen molar-refractivity contribution in [1.29, 1.82) is 0 Å². The molecule has 0 spiro atoms. The summed E-state index contributed by atoms with van der Waals surface area (Å²) in [7, 11) is -2.16. The van der Waals surface area contributed by atoms with Crippen LogP contribution in [0.25, 0.3) is 0 Å². The van der Waals surface area contributed by atoms with Gasteiger partial charge in [0.15, 0.2) is 0 Å². The minimum atomic E-state index is -3.51. The summed E-state index contributed by atoms with van der Waals surface area (Å²) in [6.45, 7) is 1.82. The molecule has 6 nitrogen and oxygen atoms in total. The van der Waals surface area contributed by atoms with Crippen LogP contribution in [-0.4, -0.2) is 39.0 Å². The Labute approximate surface area is 122 Å². The van der Waals surface area contributed by atoms with Gasteiger partial charge in [-0.3, -0.25) is 10.1 Å². The molecule has 1 heterocycles. The first-order chi connectivity index (χ1) is 9.44. The first-order valence-corrected chi connectivity index (χ1v) is 8.74. The maximum atomic E-state index is 12.0. The second-order valence-corrected chi connectivity index (χ2v) is 7.36. The van der Waals surface area contributed by atoms with E-state index in [-0.39, 0.29) is 16.8 Å². The Morgan fingerprint density at radius 1 is 1.45 bits per heavy atom. The number of benzene rings is 1. The molecule has 20 heavy (non-hydrogen) atoms. The van der Waals surface area contributed by atoms with Crippen molar-refractivity contribution in [3.8, 4) is 0 Å². The molecule has 1 aliphatic rings. The van der Waals surface area contributed by atoms with Crippen LogP contribution in [0.3, 0.4) is 0 Å². The Morgan fingerprint density at radius 2 is 2.20 bits per heavy atom. The number of sulfonamides is 1. The molecule has 8 heteroatoms. The molecule has 0 bridgehead atoms. The number of aryl methyl sites for hydroxylation is 1.